The highest BCUT2D eigenvalue weighted by atomic mass is 19.1. The molecule has 0 fully saturated rings. The lowest BCUT2D eigenvalue weighted by molar-refractivity contribution is -0.141. The molecule has 0 radical (unpaired) electrons. The molecule has 1 amide bonds. The first-order chi connectivity index (χ1) is 8.40. The zero-order valence-electron chi connectivity index (χ0n) is 9.81. The van der Waals surface area contributed by atoms with Gasteiger partial charge in [-0.2, -0.15) is 0 Å². The number of aliphatic carboxylic acids is 1. The molecule has 0 saturated heterocycles. The second-order valence-electron chi connectivity index (χ2n) is 3.99. The number of amides is 1. The molecule has 0 aliphatic carbocycles. The SMILES string of the molecule is CC(CCC(=O)Nc1cc(O)ccc1F)C(=O)O. The van der Waals surface area contributed by atoms with Gasteiger partial charge in [-0.1, -0.05) is 6.92 Å². The first kappa shape index (κ1) is 14.0. The van der Waals surface area contributed by atoms with E-state index in [1.54, 1.807) is 0 Å². The van der Waals surface area contributed by atoms with Gasteiger partial charge in [0, 0.05) is 12.5 Å². The molecule has 1 aromatic carbocycles. The van der Waals surface area contributed by atoms with Crippen molar-refractivity contribution in [2.75, 3.05) is 5.32 Å². The van der Waals surface area contributed by atoms with Gasteiger partial charge in [0.1, 0.15) is 11.6 Å². The first-order valence-electron chi connectivity index (χ1n) is 5.41. The van der Waals surface area contributed by atoms with Crippen molar-refractivity contribution in [2.45, 2.75) is 19.8 Å². The number of hydrogen-bond donors (Lipinski definition) is 3. The molecular formula is C12H14FNO4. The van der Waals surface area contributed by atoms with Crippen LogP contribution in [0.4, 0.5) is 10.1 Å². The Bertz CT molecular complexity index is 461. The molecule has 5 nitrogen and oxygen atoms in total. The van der Waals surface area contributed by atoms with E-state index in [4.69, 9.17) is 10.2 Å². The molecule has 0 saturated carbocycles. The maximum atomic E-state index is 13.2. The van der Waals surface area contributed by atoms with Crippen LogP contribution in [-0.4, -0.2) is 22.1 Å². The Morgan fingerprint density at radius 2 is 2.11 bits per heavy atom. The fraction of sp³-hybridized carbons (Fsp3) is 0.333. The first-order valence-corrected chi connectivity index (χ1v) is 5.41. The van der Waals surface area contributed by atoms with Gasteiger partial charge in [-0.25, -0.2) is 4.39 Å². The summed E-state index contributed by atoms with van der Waals surface area (Å²) in [5.41, 5.74) is -0.122. The molecule has 1 rings (SSSR count). The fourth-order valence-corrected chi connectivity index (χ4v) is 1.29. The molecule has 0 aliphatic rings. The highest BCUT2D eigenvalue weighted by molar-refractivity contribution is 5.91. The van der Waals surface area contributed by atoms with Gasteiger partial charge in [-0.05, 0) is 18.6 Å². The molecule has 1 unspecified atom stereocenters. The summed E-state index contributed by atoms with van der Waals surface area (Å²) < 4.78 is 13.2. The number of phenolic OH excluding ortho intramolecular Hbond substituents is 1. The summed E-state index contributed by atoms with van der Waals surface area (Å²) in [6.07, 6.45) is 0.143. The number of halogens is 1. The monoisotopic (exact) mass is 255 g/mol. The van der Waals surface area contributed by atoms with Crippen molar-refractivity contribution in [3.8, 4) is 5.75 Å². The van der Waals surface area contributed by atoms with E-state index in [2.05, 4.69) is 5.32 Å². The Hall–Kier alpha value is -2.11. The van der Waals surface area contributed by atoms with E-state index in [9.17, 15) is 14.0 Å². The van der Waals surface area contributed by atoms with Gasteiger partial charge in [0.25, 0.3) is 0 Å². The van der Waals surface area contributed by atoms with Crippen LogP contribution < -0.4 is 5.32 Å². The number of carboxylic acids is 1. The van der Waals surface area contributed by atoms with E-state index in [1.165, 1.54) is 6.92 Å². The molecule has 0 aromatic heterocycles. The normalized spacial score (nSPS) is 11.9. The predicted molar refractivity (Wildman–Crippen MR) is 62.7 cm³/mol. The number of aromatic hydroxyl groups is 1. The highest BCUT2D eigenvalue weighted by Gasteiger charge is 2.14. The largest absolute Gasteiger partial charge is 0.508 e. The molecule has 1 atom stereocenters. The van der Waals surface area contributed by atoms with Gasteiger partial charge in [-0.15, -0.1) is 0 Å². The standard InChI is InChI=1S/C12H14FNO4/c1-7(12(17)18)2-5-11(16)14-10-6-8(15)3-4-9(10)13/h3-4,6-7,15H,2,5H2,1H3,(H,14,16)(H,17,18). The van der Waals surface area contributed by atoms with Crippen LogP contribution in [0.2, 0.25) is 0 Å². The molecule has 3 N–H and O–H groups in total. The highest BCUT2D eigenvalue weighted by Crippen LogP contribution is 2.20. The topological polar surface area (TPSA) is 86.6 Å². The number of carboxylic acid groups (broad SMARTS) is 1. The number of anilines is 1. The summed E-state index contributed by atoms with van der Waals surface area (Å²) in [6, 6.07) is 3.29. The second-order valence-corrected chi connectivity index (χ2v) is 3.99. The zero-order valence-corrected chi connectivity index (χ0v) is 9.81. The van der Waals surface area contributed by atoms with Crippen molar-refractivity contribution in [1.82, 2.24) is 0 Å². The number of nitrogens with one attached hydrogen (secondary N) is 1. The number of carbonyl (C=O) groups is 2. The number of hydrogen-bond acceptors (Lipinski definition) is 3. The number of benzene rings is 1. The third kappa shape index (κ3) is 4.04. The van der Waals surface area contributed by atoms with Crippen LogP contribution in [0.3, 0.4) is 0 Å². The van der Waals surface area contributed by atoms with E-state index in [1.807, 2.05) is 0 Å². The molecular weight excluding hydrogens is 241 g/mol. The third-order valence-corrected chi connectivity index (χ3v) is 2.45. The van der Waals surface area contributed by atoms with Crippen LogP contribution in [-0.2, 0) is 9.59 Å². The van der Waals surface area contributed by atoms with Gasteiger partial charge in [-0.3, -0.25) is 9.59 Å². The maximum Gasteiger partial charge on any atom is 0.306 e. The third-order valence-electron chi connectivity index (χ3n) is 2.45. The lowest BCUT2D eigenvalue weighted by Crippen LogP contribution is -2.16. The van der Waals surface area contributed by atoms with Gasteiger partial charge >= 0.3 is 5.97 Å². The van der Waals surface area contributed by atoms with Crippen molar-refractivity contribution in [2.24, 2.45) is 5.92 Å². The van der Waals surface area contributed by atoms with Crippen LogP contribution in [0, 0.1) is 11.7 Å². The van der Waals surface area contributed by atoms with E-state index < -0.39 is 23.6 Å². The lowest BCUT2D eigenvalue weighted by atomic mass is 10.1. The number of phenols is 1. The van der Waals surface area contributed by atoms with Crippen LogP contribution in [0.25, 0.3) is 0 Å². The van der Waals surface area contributed by atoms with Crippen molar-refractivity contribution >= 4 is 17.6 Å². The minimum Gasteiger partial charge on any atom is -0.508 e. The average Bonchev–Trinajstić information content (AvgIpc) is 2.30. The van der Waals surface area contributed by atoms with E-state index in [0.717, 1.165) is 18.2 Å². The Kier molecular flexibility index (Phi) is 4.65. The minimum absolute atomic E-state index is 0.0252. The summed E-state index contributed by atoms with van der Waals surface area (Å²) in [4.78, 5) is 22.0. The van der Waals surface area contributed by atoms with Gasteiger partial charge < -0.3 is 15.5 Å². The van der Waals surface area contributed by atoms with Gasteiger partial charge in [0.05, 0.1) is 11.6 Å². The van der Waals surface area contributed by atoms with E-state index >= 15 is 0 Å². The molecule has 0 aliphatic heterocycles. The summed E-state index contributed by atoms with van der Waals surface area (Å²) in [5.74, 6) is -2.93. The van der Waals surface area contributed by atoms with Crippen molar-refractivity contribution in [1.29, 1.82) is 0 Å². The van der Waals surface area contributed by atoms with E-state index in [0.29, 0.717) is 0 Å². The van der Waals surface area contributed by atoms with Crippen LogP contribution >= 0.6 is 0 Å². The molecule has 0 heterocycles. The fourth-order valence-electron chi connectivity index (χ4n) is 1.29. The average molecular weight is 255 g/mol. The minimum atomic E-state index is -0.980. The van der Waals surface area contributed by atoms with E-state index in [-0.39, 0.29) is 24.3 Å². The maximum absolute atomic E-state index is 13.2. The van der Waals surface area contributed by atoms with Crippen LogP contribution in [0.1, 0.15) is 19.8 Å². The van der Waals surface area contributed by atoms with Gasteiger partial charge in [0.15, 0.2) is 0 Å². The molecule has 98 valence electrons. The second kappa shape index (κ2) is 6.00. The quantitative estimate of drug-likeness (QED) is 0.750. The molecule has 6 heteroatoms. The Morgan fingerprint density at radius 3 is 2.72 bits per heavy atom. The number of rotatable bonds is 5. The smallest absolute Gasteiger partial charge is 0.306 e. The van der Waals surface area contributed by atoms with Crippen molar-refractivity contribution < 1.29 is 24.2 Å². The Morgan fingerprint density at radius 1 is 1.44 bits per heavy atom. The van der Waals surface area contributed by atoms with Crippen LogP contribution in [0.15, 0.2) is 18.2 Å². The predicted octanol–water partition coefficient (Wildman–Crippen LogP) is 1.97. The summed E-state index contributed by atoms with van der Waals surface area (Å²) >= 11 is 0. The lowest BCUT2D eigenvalue weighted by Gasteiger charge is -2.08. The van der Waals surface area contributed by atoms with Gasteiger partial charge in [0.2, 0.25) is 5.91 Å². The molecule has 0 bridgehead atoms. The zero-order chi connectivity index (χ0) is 13.7. The summed E-state index contributed by atoms with van der Waals surface area (Å²) in [7, 11) is 0. The van der Waals surface area contributed by atoms with Crippen molar-refractivity contribution in [3.63, 3.8) is 0 Å². The molecule has 1 aromatic rings. The van der Waals surface area contributed by atoms with Crippen molar-refractivity contribution in [3.05, 3.63) is 24.0 Å². The summed E-state index contributed by atoms with van der Waals surface area (Å²) in [5, 5.41) is 20.1. The Balaban J connectivity index is 2.54. The van der Waals surface area contributed by atoms with Crippen LogP contribution in [0.5, 0.6) is 5.75 Å². The molecule has 18 heavy (non-hydrogen) atoms. The Labute approximate surface area is 103 Å². The molecule has 0 spiro atoms. The number of carbonyl (C=O) groups excluding carboxylic acids is 1. The summed E-state index contributed by atoms with van der Waals surface area (Å²) in [6.45, 7) is 1.49.